The highest BCUT2D eigenvalue weighted by molar-refractivity contribution is 7.13. The van der Waals surface area contributed by atoms with Gasteiger partial charge in [-0.15, -0.1) is 12.4 Å². The Balaban J connectivity index is 0.00000256. The van der Waals surface area contributed by atoms with Gasteiger partial charge in [-0.2, -0.15) is 13.2 Å². The summed E-state index contributed by atoms with van der Waals surface area (Å²) in [7, 11) is 0. The summed E-state index contributed by atoms with van der Waals surface area (Å²) in [5.74, 6) is 0. The monoisotopic (exact) mass is 290 g/mol. The molecule has 4 nitrogen and oxygen atoms in total. The Hall–Kier alpha value is -0.860. The van der Waals surface area contributed by atoms with Crippen molar-refractivity contribution in [3.63, 3.8) is 0 Å². The van der Waals surface area contributed by atoms with Gasteiger partial charge in [-0.3, -0.25) is 10.1 Å². The first kappa shape index (κ1) is 16.1. The van der Waals surface area contributed by atoms with E-state index in [1.807, 2.05) is 0 Å². The summed E-state index contributed by atoms with van der Waals surface area (Å²) in [5, 5.41) is 11.7. The largest absolute Gasteiger partial charge is 0.389 e. The fourth-order valence-electron chi connectivity index (χ4n) is 1.12. The first-order valence-electron chi connectivity index (χ1n) is 4.35. The van der Waals surface area contributed by atoms with E-state index in [1.165, 1.54) is 11.4 Å². The molecule has 0 saturated carbocycles. The van der Waals surface area contributed by atoms with Crippen LogP contribution in [0.5, 0.6) is 0 Å². The number of hydrogen-bond acceptors (Lipinski definition) is 4. The lowest BCUT2D eigenvalue weighted by Crippen LogP contribution is -2.15. The van der Waals surface area contributed by atoms with Gasteiger partial charge in [-0.25, -0.2) is 0 Å². The average Bonchev–Trinajstić information content (AvgIpc) is 2.61. The molecule has 0 aliphatic carbocycles. The predicted molar refractivity (Wildman–Crippen MR) is 60.4 cm³/mol. The van der Waals surface area contributed by atoms with Gasteiger partial charge in [0, 0.05) is 23.9 Å². The predicted octanol–water partition coefficient (Wildman–Crippen LogP) is 3.42. The number of hydrogen-bond donors (Lipinski definition) is 1. The lowest BCUT2D eigenvalue weighted by molar-refractivity contribution is -0.380. The summed E-state index contributed by atoms with van der Waals surface area (Å²) >= 11 is 0.859. The van der Waals surface area contributed by atoms with Crippen molar-refractivity contribution >= 4 is 28.7 Å². The highest BCUT2D eigenvalue weighted by Gasteiger charge is 2.28. The third-order valence-electron chi connectivity index (χ3n) is 1.95. The number of thiophene rings is 1. The van der Waals surface area contributed by atoms with Gasteiger partial charge in [-0.1, -0.05) is 11.3 Å². The van der Waals surface area contributed by atoms with Crippen LogP contribution in [-0.2, 0) is 0 Å². The Morgan fingerprint density at radius 1 is 1.53 bits per heavy atom. The molecular weight excluding hydrogens is 281 g/mol. The molecule has 1 rings (SSSR count). The van der Waals surface area contributed by atoms with E-state index in [4.69, 9.17) is 5.73 Å². The van der Waals surface area contributed by atoms with Gasteiger partial charge in [0.25, 0.3) is 0 Å². The summed E-state index contributed by atoms with van der Waals surface area (Å²) in [6.07, 6.45) is -5.51. The Bertz CT molecular complexity index is 383. The van der Waals surface area contributed by atoms with Crippen LogP contribution in [0.4, 0.5) is 18.2 Å². The molecule has 0 aliphatic rings. The van der Waals surface area contributed by atoms with Crippen LogP contribution in [0.3, 0.4) is 0 Å². The van der Waals surface area contributed by atoms with Crippen molar-refractivity contribution in [3.8, 4) is 0 Å². The van der Waals surface area contributed by atoms with E-state index in [0.29, 0.717) is 5.56 Å². The summed E-state index contributed by atoms with van der Waals surface area (Å²) in [5.41, 5.74) is 5.88. The van der Waals surface area contributed by atoms with Gasteiger partial charge in [0.15, 0.2) is 0 Å². The minimum Gasteiger partial charge on any atom is -0.324 e. The highest BCUT2D eigenvalue weighted by atomic mass is 35.5. The molecule has 0 aromatic carbocycles. The van der Waals surface area contributed by atoms with Crippen LogP contribution in [0, 0.1) is 10.1 Å². The second kappa shape index (κ2) is 6.18. The summed E-state index contributed by atoms with van der Waals surface area (Å²) in [4.78, 5) is 9.76. The quantitative estimate of drug-likeness (QED) is 0.682. The number of halogens is 4. The minimum atomic E-state index is -4.25. The molecule has 0 bridgehead atoms. The molecule has 0 aliphatic heterocycles. The second-order valence-electron chi connectivity index (χ2n) is 3.24. The Morgan fingerprint density at radius 2 is 2.12 bits per heavy atom. The Morgan fingerprint density at radius 3 is 2.53 bits per heavy atom. The maximum absolute atomic E-state index is 11.9. The molecule has 0 amide bonds. The molecule has 17 heavy (non-hydrogen) atoms. The van der Waals surface area contributed by atoms with Crippen LogP contribution in [0.1, 0.15) is 24.4 Å². The maximum atomic E-state index is 11.9. The SMILES string of the molecule is Cl.N[C@H](CCC(F)(F)F)c1csc([N+](=O)[O-])c1. The molecule has 0 saturated heterocycles. The zero-order valence-corrected chi connectivity index (χ0v) is 10.1. The molecular formula is C8H10ClF3N2O2S. The third-order valence-corrected chi connectivity index (χ3v) is 2.85. The van der Waals surface area contributed by atoms with Crippen LogP contribution in [-0.4, -0.2) is 11.1 Å². The lowest BCUT2D eigenvalue weighted by Gasteiger charge is -2.11. The smallest absolute Gasteiger partial charge is 0.324 e. The number of rotatable bonds is 4. The molecule has 9 heteroatoms. The first-order chi connectivity index (χ1) is 7.29. The van der Waals surface area contributed by atoms with Crippen LogP contribution in [0.15, 0.2) is 11.4 Å². The van der Waals surface area contributed by atoms with Gasteiger partial charge in [0.2, 0.25) is 0 Å². The fourth-order valence-corrected chi connectivity index (χ4v) is 1.90. The van der Waals surface area contributed by atoms with E-state index < -0.39 is 23.6 Å². The minimum absolute atomic E-state index is 0. The number of nitro groups is 1. The zero-order chi connectivity index (χ0) is 12.3. The summed E-state index contributed by atoms with van der Waals surface area (Å²) in [6, 6.07) is 0.401. The molecule has 0 fully saturated rings. The lowest BCUT2D eigenvalue weighted by atomic mass is 10.1. The molecule has 0 spiro atoms. The van der Waals surface area contributed by atoms with E-state index in [0.717, 1.165) is 11.3 Å². The van der Waals surface area contributed by atoms with Gasteiger partial charge in [-0.05, 0) is 12.0 Å². The van der Waals surface area contributed by atoms with Crippen molar-refractivity contribution in [1.29, 1.82) is 0 Å². The van der Waals surface area contributed by atoms with Crippen molar-refractivity contribution in [2.45, 2.75) is 25.1 Å². The van der Waals surface area contributed by atoms with Gasteiger partial charge < -0.3 is 5.73 Å². The fraction of sp³-hybridized carbons (Fsp3) is 0.500. The van der Waals surface area contributed by atoms with Crippen molar-refractivity contribution < 1.29 is 18.1 Å². The van der Waals surface area contributed by atoms with Gasteiger partial charge in [0.05, 0.1) is 4.92 Å². The van der Waals surface area contributed by atoms with Gasteiger partial charge in [0.1, 0.15) is 0 Å². The van der Waals surface area contributed by atoms with E-state index in [9.17, 15) is 23.3 Å². The first-order valence-corrected chi connectivity index (χ1v) is 5.23. The van der Waals surface area contributed by atoms with E-state index in [-0.39, 0.29) is 23.8 Å². The molecule has 0 unspecified atom stereocenters. The van der Waals surface area contributed by atoms with Gasteiger partial charge >= 0.3 is 11.2 Å². The number of nitrogens with two attached hydrogens (primary N) is 1. The van der Waals surface area contributed by atoms with Crippen LogP contribution in [0.25, 0.3) is 0 Å². The average molecular weight is 291 g/mol. The molecule has 1 heterocycles. The molecule has 1 aromatic heterocycles. The second-order valence-corrected chi connectivity index (χ2v) is 4.13. The van der Waals surface area contributed by atoms with Crippen molar-refractivity contribution in [1.82, 2.24) is 0 Å². The van der Waals surface area contributed by atoms with Crippen LogP contribution < -0.4 is 5.73 Å². The molecule has 1 aromatic rings. The van der Waals surface area contributed by atoms with E-state index in [1.54, 1.807) is 0 Å². The van der Waals surface area contributed by atoms with Crippen LogP contribution in [0.2, 0.25) is 0 Å². The Kier molecular flexibility index (Phi) is 5.86. The zero-order valence-electron chi connectivity index (χ0n) is 8.44. The molecule has 98 valence electrons. The number of nitrogens with zero attached hydrogens (tertiary/aromatic N) is 1. The highest BCUT2D eigenvalue weighted by Crippen LogP contribution is 2.30. The molecule has 0 radical (unpaired) electrons. The normalized spacial score (nSPS) is 12.9. The van der Waals surface area contributed by atoms with E-state index >= 15 is 0 Å². The Labute approximate surface area is 105 Å². The summed E-state index contributed by atoms with van der Waals surface area (Å²) in [6.45, 7) is 0. The topological polar surface area (TPSA) is 69.2 Å². The van der Waals surface area contributed by atoms with E-state index in [2.05, 4.69) is 0 Å². The van der Waals surface area contributed by atoms with Crippen molar-refractivity contribution in [2.24, 2.45) is 5.73 Å². The van der Waals surface area contributed by atoms with Crippen molar-refractivity contribution in [3.05, 3.63) is 27.1 Å². The number of alkyl halides is 3. The summed E-state index contributed by atoms with van der Waals surface area (Å²) < 4.78 is 35.7. The third kappa shape index (κ3) is 5.33. The molecule has 1 atom stereocenters. The van der Waals surface area contributed by atoms with Crippen LogP contribution >= 0.6 is 23.7 Å². The van der Waals surface area contributed by atoms with Crippen molar-refractivity contribution in [2.75, 3.05) is 0 Å². The maximum Gasteiger partial charge on any atom is 0.389 e. The molecule has 2 N–H and O–H groups in total. The standard InChI is InChI=1S/C8H9F3N2O2S.ClH/c9-8(10,11)2-1-6(12)5-3-7(13(14)15)16-4-5;/h3-4,6H,1-2,12H2;1H/t6-;/m1./s1.